The molecule has 2 atom stereocenters. The molecule has 28 heavy (non-hydrogen) atoms. The van der Waals surface area contributed by atoms with Gasteiger partial charge >= 0.3 is 0 Å². The van der Waals surface area contributed by atoms with E-state index in [4.69, 9.17) is 5.73 Å². The molecule has 1 amide bonds. The molecule has 152 valence electrons. The predicted molar refractivity (Wildman–Crippen MR) is 120 cm³/mol. The Kier molecular flexibility index (Phi) is 8.17. The Labute approximate surface area is 179 Å². The number of amides is 1. The van der Waals surface area contributed by atoms with Gasteiger partial charge in [-0.1, -0.05) is 30.3 Å². The Morgan fingerprint density at radius 3 is 2.14 bits per heavy atom. The Balaban J connectivity index is 0.00000140. The van der Waals surface area contributed by atoms with Gasteiger partial charge in [0.15, 0.2) is 0 Å². The van der Waals surface area contributed by atoms with Crippen LogP contribution in [0.1, 0.15) is 41.1 Å². The number of halogens is 2. The summed E-state index contributed by atoms with van der Waals surface area (Å²) in [7, 11) is 0. The third-order valence-electron chi connectivity index (χ3n) is 5.72. The van der Waals surface area contributed by atoms with Gasteiger partial charge < -0.3 is 15.5 Å². The summed E-state index contributed by atoms with van der Waals surface area (Å²) in [5, 5.41) is 0. The summed E-state index contributed by atoms with van der Waals surface area (Å²) >= 11 is 0. The smallest absolute Gasteiger partial charge is 0.253 e. The highest BCUT2D eigenvalue weighted by molar-refractivity contribution is 5.95. The van der Waals surface area contributed by atoms with E-state index >= 15 is 0 Å². The number of anilines is 1. The maximum Gasteiger partial charge on any atom is 0.253 e. The first-order chi connectivity index (χ1) is 12.7. The number of carbonyl (C=O) groups is 1. The minimum atomic E-state index is -0.00558. The molecule has 0 aromatic heterocycles. The molecular formula is C22H29Cl2N3O. The summed E-state index contributed by atoms with van der Waals surface area (Å²) in [6, 6.07) is 18.4. The van der Waals surface area contributed by atoms with E-state index in [0.29, 0.717) is 13.1 Å². The van der Waals surface area contributed by atoms with E-state index in [1.54, 1.807) is 0 Å². The van der Waals surface area contributed by atoms with Gasteiger partial charge in [-0.3, -0.25) is 4.79 Å². The summed E-state index contributed by atoms with van der Waals surface area (Å²) < 4.78 is 0. The fraction of sp³-hybridized carbons (Fsp3) is 0.409. The molecule has 4 nitrogen and oxygen atoms in total. The van der Waals surface area contributed by atoms with Crippen LogP contribution in [0.2, 0.25) is 0 Å². The number of nitrogens with zero attached hydrogens (tertiary/aromatic N) is 2. The number of hydrogen-bond donors (Lipinski definition) is 1. The number of hydrogen-bond acceptors (Lipinski definition) is 3. The van der Waals surface area contributed by atoms with Gasteiger partial charge in [-0.05, 0) is 49.1 Å². The second kappa shape index (κ2) is 10.1. The van der Waals surface area contributed by atoms with Gasteiger partial charge in [0.05, 0.1) is 0 Å². The Morgan fingerprint density at radius 2 is 1.50 bits per heavy atom. The maximum absolute atomic E-state index is 12.9. The Hall–Kier alpha value is -1.75. The van der Waals surface area contributed by atoms with Crippen molar-refractivity contribution in [3.05, 3.63) is 65.7 Å². The molecule has 6 heteroatoms. The van der Waals surface area contributed by atoms with Crippen molar-refractivity contribution in [2.24, 2.45) is 5.73 Å². The van der Waals surface area contributed by atoms with E-state index in [2.05, 4.69) is 29.2 Å². The van der Waals surface area contributed by atoms with Crippen molar-refractivity contribution >= 4 is 36.4 Å². The normalized spacial score (nSPS) is 21.6. The standard InChI is InChI=1S/C22H27N3O.2ClH/c23-21-16-25(15-20(21)17-7-3-1-4-8-17)22(26)18-9-11-19(12-10-18)24-13-5-2-6-14-24;;/h1,3-4,7-12,20-21H,2,5-6,13-16,23H2;2*1H/t20-,21+;;/m0../s1. The minimum Gasteiger partial charge on any atom is -0.372 e. The molecule has 0 unspecified atom stereocenters. The maximum atomic E-state index is 12.9. The third-order valence-corrected chi connectivity index (χ3v) is 5.72. The van der Waals surface area contributed by atoms with Crippen LogP contribution in [0.15, 0.2) is 54.6 Å². The highest BCUT2D eigenvalue weighted by Gasteiger charge is 2.34. The average Bonchev–Trinajstić information content (AvgIpc) is 3.10. The average molecular weight is 422 g/mol. The van der Waals surface area contributed by atoms with Crippen molar-refractivity contribution in [1.82, 2.24) is 4.90 Å². The van der Waals surface area contributed by atoms with Crippen LogP contribution in [0.4, 0.5) is 5.69 Å². The van der Waals surface area contributed by atoms with Gasteiger partial charge in [0.1, 0.15) is 0 Å². The fourth-order valence-electron chi connectivity index (χ4n) is 4.20. The zero-order valence-electron chi connectivity index (χ0n) is 16.0. The quantitative estimate of drug-likeness (QED) is 0.811. The molecule has 0 radical (unpaired) electrons. The van der Waals surface area contributed by atoms with Gasteiger partial charge in [-0.2, -0.15) is 0 Å². The molecule has 2 saturated heterocycles. The molecule has 2 aromatic rings. The molecule has 0 aliphatic carbocycles. The summed E-state index contributed by atoms with van der Waals surface area (Å²) in [4.78, 5) is 17.2. The van der Waals surface area contributed by atoms with Crippen LogP contribution in [0, 0.1) is 0 Å². The first-order valence-electron chi connectivity index (χ1n) is 9.67. The number of benzene rings is 2. The summed E-state index contributed by atoms with van der Waals surface area (Å²) in [6.07, 6.45) is 3.84. The molecule has 2 aromatic carbocycles. The van der Waals surface area contributed by atoms with E-state index in [1.807, 2.05) is 35.2 Å². The van der Waals surface area contributed by atoms with Crippen molar-refractivity contribution in [3.8, 4) is 0 Å². The molecule has 2 fully saturated rings. The lowest BCUT2D eigenvalue weighted by atomic mass is 9.95. The number of carbonyl (C=O) groups excluding carboxylic acids is 1. The van der Waals surface area contributed by atoms with Crippen LogP contribution < -0.4 is 10.6 Å². The lowest BCUT2D eigenvalue weighted by Gasteiger charge is -2.29. The second-order valence-electron chi connectivity index (χ2n) is 7.49. The Bertz CT molecular complexity index is 748. The van der Waals surface area contributed by atoms with Gasteiger partial charge in [0, 0.05) is 49.4 Å². The van der Waals surface area contributed by atoms with Crippen molar-refractivity contribution in [2.75, 3.05) is 31.1 Å². The van der Waals surface area contributed by atoms with Gasteiger partial charge in [0.25, 0.3) is 5.91 Å². The molecule has 4 rings (SSSR count). The number of likely N-dealkylation sites (tertiary alicyclic amines) is 1. The predicted octanol–water partition coefficient (Wildman–Crippen LogP) is 4.09. The fourth-order valence-corrected chi connectivity index (χ4v) is 4.20. The van der Waals surface area contributed by atoms with E-state index in [0.717, 1.165) is 18.7 Å². The van der Waals surface area contributed by atoms with Crippen LogP contribution in [-0.2, 0) is 0 Å². The van der Waals surface area contributed by atoms with E-state index in [1.165, 1.54) is 30.5 Å². The molecule has 0 bridgehead atoms. The summed E-state index contributed by atoms with van der Waals surface area (Å²) in [5.74, 6) is 0.303. The van der Waals surface area contributed by atoms with Crippen LogP contribution in [0.3, 0.4) is 0 Å². The van der Waals surface area contributed by atoms with Gasteiger partial charge in [-0.15, -0.1) is 24.8 Å². The van der Waals surface area contributed by atoms with E-state index in [-0.39, 0.29) is 42.7 Å². The number of piperidine rings is 1. The molecule has 0 spiro atoms. The lowest BCUT2D eigenvalue weighted by Crippen LogP contribution is -2.32. The molecular weight excluding hydrogens is 393 g/mol. The minimum absolute atomic E-state index is 0. The van der Waals surface area contributed by atoms with E-state index < -0.39 is 0 Å². The van der Waals surface area contributed by atoms with Gasteiger partial charge in [-0.25, -0.2) is 0 Å². The largest absolute Gasteiger partial charge is 0.372 e. The van der Waals surface area contributed by atoms with Crippen molar-refractivity contribution < 1.29 is 4.79 Å². The number of nitrogens with two attached hydrogens (primary N) is 1. The van der Waals surface area contributed by atoms with Crippen LogP contribution in [-0.4, -0.2) is 43.0 Å². The topological polar surface area (TPSA) is 49.6 Å². The zero-order valence-corrected chi connectivity index (χ0v) is 17.6. The first kappa shape index (κ1) is 22.5. The van der Waals surface area contributed by atoms with Crippen LogP contribution in [0.25, 0.3) is 0 Å². The molecule has 0 saturated carbocycles. The lowest BCUT2D eigenvalue weighted by molar-refractivity contribution is 0.0789. The second-order valence-corrected chi connectivity index (χ2v) is 7.49. The highest BCUT2D eigenvalue weighted by atomic mass is 35.5. The van der Waals surface area contributed by atoms with Gasteiger partial charge in [0.2, 0.25) is 0 Å². The Morgan fingerprint density at radius 1 is 0.857 bits per heavy atom. The number of rotatable bonds is 3. The van der Waals surface area contributed by atoms with Crippen molar-refractivity contribution in [2.45, 2.75) is 31.2 Å². The van der Waals surface area contributed by atoms with E-state index in [9.17, 15) is 4.79 Å². The summed E-state index contributed by atoms with van der Waals surface area (Å²) in [5.41, 5.74) is 9.54. The SMILES string of the molecule is Cl.Cl.N[C@@H]1CN(C(=O)c2ccc(N3CCCCC3)cc2)C[C@H]1c1ccccc1. The zero-order chi connectivity index (χ0) is 17.9. The monoisotopic (exact) mass is 421 g/mol. The molecule has 2 aliphatic heterocycles. The first-order valence-corrected chi connectivity index (χ1v) is 9.67. The molecule has 2 heterocycles. The highest BCUT2D eigenvalue weighted by Crippen LogP contribution is 2.28. The van der Waals surface area contributed by atoms with Crippen molar-refractivity contribution in [1.29, 1.82) is 0 Å². The molecule has 2 aliphatic rings. The van der Waals surface area contributed by atoms with Crippen molar-refractivity contribution in [3.63, 3.8) is 0 Å². The third kappa shape index (κ3) is 4.80. The van der Waals surface area contributed by atoms with Crippen LogP contribution in [0.5, 0.6) is 0 Å². The molecule has 2 N–H and O–H groups in total. The van der Waals surface area contributed by atoms with Crippen LogP contribution >= 0.6 is 24.8 Å². The summed E-state index contributed by atoms with van der Waals surface area (Å²) in [6.45, 7) is 3.55.